The Labute approximate surface area is 811 Å². The number of aryl methyl sites for hydroxylation is 1. The van der Waals surface area contributed by atoms with Crippen molar-refractivity contribution in [2.75, 3.05) is 6.61 Å². The van der Waals surface area contributed by atoms with Crippen LogP contribution in [0, 0.1) is 81.8 Å². The van der Waals surface area contributed by atoms with Gasteiger partial charge in [-0.05, 0) is 169 Å². The summed E-state index contributed by atoms with van der Waals surface area (Å²) in [5.41, 5.74) is -3.26. The SMILES string of the molecule is CCOC(=O)c1cn2c(c(OCc3ccccc3)c1=O)C(=O)N1C3CCC(CC3)[C@H]1C2.CCc1ccc(F)cc1F.O=C(NCc1c(F)cc(F)cc1F)c1cn2c(c(O)c1=O)C(=O)N1C3CCC(CC3)[C@H]1C2.O=C(NCc1c(F)cc(F)cc1F)c1cn2c(c(OCc3ccccc3)c1=O)C(=O)N1C3CCC(CC3)[C@H]1C2.O=C(NCc1ccc(F)cc1F)c1cn2c(c(O)c1=O)C(=O)N1C3CCC(CC3)[C@H]1C2. The Hall–Kier alpha value is -14.6. The molecule has 16 aliphatic rings. The van der Waals surface area contributed by atoms with E-state index in [0.717, 1.165) is 126 Å². The number of carbonyl (C=O) groups is 8. The van der Waals surface area contributed by atoms with Gasteiger partial charge >= 0.3 is 5.97 Å². The molecule has 28 nitrogen and oxygen atoms in total. The van der Waals surface area contributed by atoms with Crippen LogP contribution in [0.3, 0.4) is 0 Å². The molecule has 4 aliphatic carbocycles. The van der Waals surface area contributed by atoms with Crippen LogP contribution in [-0.4, -0.2) is 150 Å². The summed E-state index contributed by atoms with van der Waals surface area (Å²) in [6.07, 6.45) is 21.8. The van der Waals surface area contributed by atoms with Crippen LogP contribution in [0.4, 0.5) is 43.9 Å². The lowest BCUT2D eigenvalue weighted by molar-refractivity contribution is -0.0186. The number of piperidine rings is 8. The molecule has 748 valence electrons. The molecule has 4 saturated carbocycles. The number of nitrogens with one attached hydrogen (secondary N) is 3. The molecular weight excluding hydrogens is 1880 g/mol. The maximum absolute atomic E-state index is 14.1. The van der Waals surface area contributed by atoms with Gasteiger partial charge in [-0.3, -0.25) is 52.7 Å². The largest absolute Gasteiger partial charge is 0.503 e. The van der Waals surface area contributed by atoms with E-state index in [1.54, 1.807) is 21.0 Å². The summed E-state index contributed by atoms with van der Waals surface area (Å²) in [5, 5.41) is 28.0. The van der Waals surface area contributed by atoms with Gasteiger partial charge in [-0.2, -0.15) is 0 Å². The average Bonchev–Trinajstić information content (AvgIpc) is 0.751. The zero-order chi connectivity index (χ0) is 101. The molecule has 8 saturated heterocycles. The van der Waals surface area contributed by atoms with Gasteiger partial charge in [0.2, 0.25) is 21.7 Å². The van der Waals surface area contributed by atoms with Crippen LogP contribution < -0.4 is 47.1 Å². The summed E-state index contributed by atoms with van der Waals surface area (Å²) in [5.74, 6) is -14.3. The lowest BCUT2D eigenvalue weighted by atomic mass is 9.73. The summed E-state index contributed by atoms with van der Waals surface area (Å²) >= 11 is 0. The smallest absolute Gasteiger partial charge is 0.343 e. The second-order valence-electron chi connectivity index (χ2n) is 38.1. The highest BCUT2D eigenvalue weighted by Crippen LogP contribution is 2.49. The van der Waals surface area contributed by atoms with E-state index in [1.165, 1.54) is 52.1 Å². The quantitative estimate of drug-likeness (QED) is 0.0393. The molecule has 5 N–H and O–H groups in total. The Morgan fingerprint density at radius 2 is 0.636 bits per heavy atom. The summed E-state index contributed by atoms with van der Waals surface area (Å²) in [4.78, 5) is 164. The van der Waals surface area contributed by atoms with Gasteiger partial charge in [-0.25, -0.2) is 48.7 Å². The first-order valence-corrected chi connectivity index (χ1v) is 48.0. The van der Waals surface area contributed by atoms with Crippen molar-refractivity contribution in [3.05, 3.63) is 324 Å². The number of carbonyl (C=O) groups excluding carboxylic acids is 8. The molecule has 0 unspecified atom stereocenters. The fraction of sp³-hybridized carbons (Fsp3) is 0.390. The fourth-order valence-corrected chi connectivity index (χ4v) is 22.9. The molecule has 26 rings (SSSR count). The number of benzene rings is 6. The molecule has 8 bridgehead atoms. The van der Waals surface area contributed by atoms with Crippen LogP contribution in [0.25, 0.3) is 0 Å². The number of nitrogens with zero attached hydrogens (tertiary/aromatic N) is 8. The fourth-order valence-electron chi connectivity index (χ4n) is 22.9. The number of hydrogen-bond donors (Lipinski definition) is 5. The van der Waals surface area contributed by atoms with E-state index >= 15 is 0 Å². The second kappa shape index (κ2) is 41.1. The van der Waals surface area contributed by atoms with Crippen molar-refractivity contribution in [1.29, 1.82) is 0 Å². The van der Waals surface area contributed by atoms with Gasteiger partial charge in [0.1, 0.15) is 93.6 Å². The third-order valence-corrected chi connectivity index (χ3v) is 30.0. The number of amides is 7. The Kier molecular flexibility index (Phi) is 28.4. The zero-order valence-electron chi connectivity index (χ0n) is 77.8. The van der Waals surface area contributed by atoms with Crippen LogP contribution in [0.2, 0.25) is 0 Å². The predicted octanol–water partition coefficient (Wildman–Crippen LogP) is 14.2. The molecule has 12 aliphatic heterocycles. The highest BCUT2D eigenvalue weighted by Gasteiger charge is 2.54. The van der Waals surface area contributed by atoms with Gasteiger partial charge in [-0.1, -0.05) is 79.7 Å². The van der Waals surface area contributed by atoms with E-state index in [0.29, 0.717) is 92.2 Å². The highest BCUT2D eigenvalue weighted by molar-refractivity contribution is 6.03. The Bertz CT molecular complexity index is 6950. The maximum atomic E-state index is 14.1. The van der Waals surface area contributed by atoms with E-state index in [1.807, 2.05) is 82.3 Å². The molecule has 38 heteroatoms. The van der Waals surface area contributed by atoms with Crippen LogP contribution >= 0.6 is 0 Å². The second-order valence-corrected chi connectivity index (χ2v) is 38.1. The first kappa shape index (κ1) is 98.6. The molecule has 10 aromatic rings. The molecule has 16 heterocycles. The molecule has 4 aromatic heterocycles. The van der Waals surface area contributed by atoms with E-state index in [-0.39, 0.29) is 149 Å². The number of pyridine rings is 4. The first-order chi connectivity index (χ1) is 68.7. The van der Waals surface area contributed by atoms with E-state index in [4.69, 9.17) is 14.2 Å². The minimum absolute atomic E-state index is 0.00289. The zero-order valence-corrected chi connectivity index (χ0v) is 77.8. The molecule has 4 atom stereocenters. The monoisotopic (exact) mass is 1980 g/mol. The molecule has 12 fully saturated rings. The lowest BCUT2D eigenvalue weighted by Gasteiger charge is -2.54. The molecular formula is C105H101F10N11O17. The maximum Gasteiger partial charge on any atom is 0.343 e. The minimum Gasteiger partial charge on any atom is -0.503 e. The van der Waals surface area contributed by atoms with Crippen molar-refractivity contribution < 1.29 is 107 Å². The van der Waals surface area contributed by atoms with Crippen molar-refractivity contribution in [1.82, 2.24) is 53.8 Å². The number of aromatic nitrogens is 4. The Balaban J connectivity index is 0.000000122. The standard InChI is InChI=1S/C29H26F3N3O4.C24H26N2O5.C22H20F3N3O4.C22H21F2N3O4.C8H8F2/c30-18-10-22(31)20(23(32)11-18)12-33-28(37)21-13-34-14-24-17-6-8-19(9-7-17)35(24)29(38)25(34)27(26(21)36)39-15-16-4-2-1-3-5-16;1-2-30-24(29)18-12-25-13-19-16-8-10-17(11-9-16)26(19)23(28)20(25)22(21(18)27)31-14-15-6-4-3-5-7-15;23-11-5-15(24)13(16(25)6-11)7-26-21(31)14-8-27-9-17-10-1-3-12(4-2-10)28(17)22(32)18(27)20(30)19(14)29;23-13-4-1-12(16(24)7-13)8-25-21(30)15-9-26-10-17-11-2-5-14(6-3-11)27(17)22(31)18(26)20(29)19(15)28;1-2-6-3-4-7(9)5-8(6)10/h1-5,10-11,13,17,19,24H,6-9,12,14-15H2,(H,33,37);3-7,12,16-17,19H,2,8-11,13-14H2,1H3;5-6,8,10,12,17,30H,1-4,7,9H2,(H,26,31);1,4,7,9,11,14,17,29H,2-3,5-6,8,10H2,(H,25,30);3-5H,2H2,1H3/t17?,19?,24-;16?,17?,19-;10?,12?,17-;11?,14?,17-;/m1111./s1. The molecule has 143 heavy (non-hydrogen) atoms. The third-order valence-electron chi connectivity index (χ3n) is 30.0. The Morgan fingerprint density at radius 1 is 0.343 bits per heavy atom. The number of aromatic hydroxyl groups is 2. The van der Waals surface area contributed by atoms with Crippen LogP contribution in [0.1, 0.15) is 233 Å². The van der Waals surface area contributed by atoms with Gasteiger partial charge in [0.05, 0.1) is 30.8 Å². The summed E-state index contributed by atoms with van der Waals surface area (Å²) < 4.78 is 157. The molecule has 7 amide bonds. The number of ether oxygens (including phenoxy) is 3. The minimum atomic E-state index is -1.18. The third kappa shape index (κ3) is 19.4. The van der Waals surface area contributed by atoms with Crippen LogP contribution in [-0.2, 0) is 70.2 Å². The Morgan fingerprint density at radius 3 is 0.965 bits per heavy atom. The van der Waals surface area contributed by atoms with Crippen molar-refractivity contribution >= 4 is 47.3 Å². The predicted molar refractivity (Wildman–Crippen MR) is 495 cm³/mol. The number of fused-ring (bicyclic) bond motifs is 12. The first-order valence-electron chi connectivity index (χ1n) is 48.0. The summed E-state index contributed by atoms with van der Waals surface area (Å²) in [6, 6.07) is 27.7. The van der Waals surface area contributed by atoms with E-state index < -0.39 is 151 Å². The van der Waals surface area contributed by atoms with Crippen molar-refractivity contribution in [3.63, 3.8) is 0 Å². The number of esters is 1. The van der Waals surface area contributed by atoms with Crippen LogP contribution in [0.5, 0.6) is 23.0 Å². The number of halogens is 10. The average molecular weight is 1980 g/mol. The van der Waals surface area contributed by atoms with Gasteiger partial charge in [0.15, 0.2) is 45.8 Å². The number of hydrogen-bond acceptors (Lipinski definition) is 17. The molecule has 0 radical (unpaired) electrons. The van der Waals surface area contributed by atoms with Gasteiger partial charge in [0.25, 0.3) is 41.4 Å². The molecule has 0 spiro atoms. The van der Waals surface area contributed by atoms with Crippen LogP contribution in [0.15, 0.2) is 165 Å². The van der Waals surface area contributed by atoms with Crippen molar-refractivity contribution in [2.24, 2.45) is 23.7 Å². The summed E-state index contributed by atoms with van der Waals surface area (Å²) in [7, 11) is 0. The van der Waals surface area contributed by atoms with Gasteiger partial charge < -0.3 is 78.2 Å². The topological polar surface area (TPSA) is 342 Å². The van der Waals surface area contributed by atoms with E-state index in [2.05, 4.69) is 16.0 Å². The van der Waals surface area contributed by atoms with Crippen molar-refractivity contribution in [3.8, 4) is 23.0 Å². The molecule has 6 aromatic carbocycles. The van der Waals surface area contributed by atoms with Gasteiger partial charge in [-0.15, -0.1) is 0 Å². The number of rotatable bonds is 18. The lowest BCUT2D eigenvalue weighted by Crippen LogP contribution is -2.62. The normalized spacial score (nSPS) is 22.2. The van der Waals surface area contributed by atoms with Gasteiger partial charge in [0, 0.05) is 148 Å². The summed E-state index contributed by atoms with van der Waals surface area (Å²) in [6.45, 7) is 4.07. The highest BCUT2D eigenvalue weighted by atomic mass is 19.2. The van der Waals surface area contributed by atoms with E-state index in [9.17, 15) is 112 Å². The van der Waals surface area contributed by atoms with Crippen molar-refractivity contribution in [2.45, 2.75) is 230 Å².